The van der Waals surface area contributed by atoms with E-state index in [4.69, 9.17) is 20.1 Å². The molecule has 0 spiro atoms. The predicted molar refractivity (Wildman–Crippen MR) is 58.4 cm³/mol. The monoisotopic (exact) mass is 253 g/mol. The molecular formula is C10H20FNO5. The number of halogens is 1. The first kappa shape index (κ1) is 16.4. The Hall–Kier alpha value is -0.600. The van der Waals surface area contributed by atoms with Crippen LogP contribution in [0.2, 0.25) is 0 Å². The Kier molecular flexibility index (Phi) is 9.10. The van der Waals surface area contributed by atoms with Gasteiger partial charge in [-0.05, 0) is 6.92 Å². The molecule has 0 amide bonds. The van der Waals surface area contributed by atoms with Gasteiger partial charge in [0.15, 0.2) is 12.0 Å². The van der Waals surface area contributed by atoms with Gasteiger partial charge in [-0.2, -0.15) is 0 Å². The number of carbonyl (C=O) groups excluding carboxylic acids is 1. The molecule has 0 aromatic rings. The quantitative estimate of drug-likeness (QED) is 0.473. The van der Waals surface area contributed by atoms with Crippen molar-refractivity contribution in [3.8, 4) is 0 Å². The molecule has 6 nitrogen and oxygen atoms in total. The summed E-state index contributed by atoms with van der Waals surface area (Å²) in [7, 11) is 0. The smallest absolute Gasteiger partial charge is 0.186 e. The molecule has 4 N–H and O–H groups in total. The molecule has 1 rings (SSSR count). The maximum Gasteiger partial charge on any atom is 0.186 e. The Morgan fingerprint density at radius 3 is 2.18 bits per heavy atom. The van der Waals surface area contributed by atoms with Crippen molar-refractivity contribution in [3.05, 3.63) is 0 Å². The number of hydrogen-bond donors (Lipinski definition) is 4. The predicted octanol–water partition coefficient (Wildman–Crippen LogP) is -1.77. The number of aliphatic hydroxyl groups excluding tert-OH is 3. The molecule has 1 heterocycles. The fourth-order valence-electron chi connectivity index (χ4n) is 1.06. The van der Waals surface area contributed by atoms with Crippen LogP contribution >= 0.6 is 0 Å². The second-order valence-corrected chi connectivity index (χ2v) is 3.62. The normalized spacial score (nSPS) is 20.8. The summed E-state index contributed by atoms with van der Waals surface area (Å²) >= 11 is 0. The average Bonchev–Trinajstić information content (AvgIpc) is 2.38. The number of alkyl halides is 1. The molecule has 1 aliphatic heterocycles. The molecule has 0 aliphatic carbocycles. The third-order valence-electron chi connectivity index (χ3n) is 2.12. The van der Waals surface area contributed by atoms with Crippen LogP contribution in [0.15, 0.2) is 0 Å². The van der Waals surface area contributed by atoms with Gasteiger partial charge < -0.3 is 25.4 Å². The molecule has 0 radical (unpaired) electrons. The van der Waals surface area contributed by atoms with E-state index in [-0.39, 0.29) is 0 Å². The van der Waals surface area contributed by atoms with Crippen molar-refractivity contribution in [2.24, 2.45) is 0 Å². The number of ketones is 1. The van der Waals surface area contributed by atoms with E-state index >= 15 is 0 Å². The Bertz CT molecular complexity index is 201. The van der Waals surface area contributed by atoms with E-state index < -0.39 is 30.8 Å². The Morgan fingerprint density at radius 1 is 1.41 bits per heavy atom. The molecule has 0 aromatic heterocycles. The van der Waals surface area contributed by atoms with E-state index in [0.717, 1.165) is 33.2 Å². The van der Waals surface area contributed by atoms with Crippen LogP contribution in [0.3, 0.4) is 0 Å². The summed E-state index contributed by atoms with van der Waals surface area (Å²) in [4.78, 5) is 10.3. The third kappa shape index (κ3) is 7.35. The van der Waals surface area contributed by atoms with E-state index in [1.165, 1.54) is 0 Å². The van der Waals surface area contributed by atoms with Gasteiger partial charge in [-0.3, -0.25) is 4.79 Å². The number of rotatable bonds is 4. The van der Waals surface area contributed by atoms with Crippen molar-refractivity contribution in [1.82, 2.24) is 5.32 Å². The van der Waals surface area contributed by atoms with Crippen LogP contribution in [0.25, 0.3) is 0 Å². The first-order valence-corrected chi connectivity index (χ1v) is 5.40. The van der Waals surface area contributed by atoms with Crippen LogP contribution in [0.1, 0.15) is 6.92 Å². The van der Waals surface area contributed by atoms with Crippen molar-refractivity contribution in [2.45, 2.75) is 25.3 Å². The van der Waals surface area contributed by atoms with E-state index in [0.29, 0.717) is 0 Å². The SMILES string of the molecule is C1COCCN1.CC(=O)[C@@H](F)[C@@H](O)[C@H](O)CO. The highest BCUT2D eigenvalue weighted by molar-refractivity contribution is 5.80. The van der Waals surface area contributed by atoms with Crippen molar-refractivity contribution < 1.29 is 29.2 Å². The number of nitrogens with one attached hydrogen (secondary N) is 1. The van der Waals surface area contributed by atoms with Crippen LogP contribution in [-0.4, -0.2) is 72.4 Å². The number of Topliss-reactive ketones (excluding diaryl/α,β-unsaturated/α-hetero) is 1. The van der Waals surface area contributed by atoms with E-state index in [1.54, 1.807) is 0 Å². The van der Waals surface area contributed by atoms with Crippen LogP contribution in [-0.2, 0) is 9.53 Å². The summed E-state index contributed by atoms with van der Waals surface area (Å²) < 4.78 is 17.5. The van der Waals surface area contributed by atoms with Gasteiger partial charge in [0.25, 0.3) is 0 Å². The number of carbonyl (C=O) groups is 1. The van der Waals surface area contributed by atoms with Gasteiger partial charge in [-0.15, -0.1) is 0 Å². The fraction of sp³-hybridized carbons (Fsp3) is 0.900. The van der Waals surface area contributed by atoms with Crippen LogP contribution in [0.5, 0.6) is 0 Å². The van der Waals surface area contributed by atoms with Gasteiger partial charge in [-0.25, -0.2) is 4.39 Å². The van der Waals surface area contributed by atoms with Crippen LogP contribution in [0.4, 0.5) is 4.39 Å². The molecule has 0 aromatic carbocycles. The summed E-state index contributed by atoms with van der Waals surface area (Å²) in [5.74, 6) is -0.870. The molecule has 0 bridgehead atoms. The second-order valence-electron chi connectivity index (χ2n) is 3.62. The van der Waals surface area contributed by atoms with Gasteiger partial charge in [0, 0.05) is 13.1 Å². The average molecular weight is 253 g/mol. The van der Waals surface area contributed by atoms with Crippen molar-refractivity contribution in [3.63, 3.8) is 0 Å². The number of morpholine rings is 1. The standard InChI is InChI=1S/C6H11FO4.C4H9NO/c1-3(9)5(7)6(11)4(10)2-8;1-3-6-4-2-5-1/h4-6,8,10-11H,2H2,1H3;5H,1-4H2/t4-,5-,6+;/m1./s1. The zero-order valence-corrected chi connectivity index (χ0v) is 9.80. The molecule has 1 aliphatic rings. The van der Waals surface area contributed by atoms with Crippen molar-refractivity contribution >= 4 is 5.78 Å². The topological polar surface area (TPSA) is 99.0 Å². The molecule has 1 saturated heterocycles. The van der Waals surface area contributed by atoms with Gasteiger partial charge in [0.1, 0.15) is 12.2 Å². The maximum absolute atomic E-state index is 12.5. The van der Waals surface area contributed by atoms with E-state index in [1.807, 2.05) is 0 Å². The Balaban J connectivity index is 0.000000354. The molecule has 1 fully saturated rings. The molecular weight excluding hydrogens is 233 g/mol. The van der Waals surface area contributed by atoms with E-state index in [2.05, 4.69) is 5.32 Å². The number of hydrogen-bond acceptors (Lipinski definition) is 6. The Morgan fingerprint density at radius 2 is 1.94 bits per heavy atom. The molecule has 3 atom stereocenters. The summed E-state index contributed by atoms with van der Waals surface area (Å²) in [6.45, 7) is 4.02. The van der Waals surface area contributed by atoms with Gasteiger partial charge >= 0.3 is 0 Å². The minimum atomic E-state index is -2.13. The lowest BCUT2D eigenvalue weighted by molar-refractivity contribution is -0.130. The zero-order chi connectivity index (χ0) is 13.3. The second kappa shape index (κ2) is 9.43. The molecule has 0 saturated carbocycles. The highest BCUT2D eigenvalue weighted by Gasteiger charge is 2.28. The summed E-state index contributed by atoms with van der Waals surface area (Å²) in [6, 6.07) is 0. The fourth-order valence-corrected chi connectivity index (χ4v) is 1.06. The molecule has 102 valence electrons. The lowest BCUT2D eigenvalue weighted by Gasteiger charge is -2.17. The number of ether oxygens (including phenoxy) is 1. The minimum absolute atomic E-state index is 0.769. The lowest BCUT2D eigenvalue weighted by Crippen LogP contribution is -2.40. The summed E-state index contributed by atoms with van der Waals surface area (Å²) in [6.07, 6.45) is -5.57. The molecule has 17 heavy (non-hydrogen) atoms. The maximum atomic E-state index is 12.5. The molecule has 7 heteroatoms. The van der Waals surface area contributed by atoms with Gasteiger partial charge in [-0.1, -0.05) is 0 Å². The molecule has 0 unspecified atom stereocenters. The van der Waals surface area contributed by atoms with Gasteiger partial charge in [0.2, 0.25) is 0 Å². The highest BCUT2D eigenvalue weighted by atomic mass is 19.1. The largest absolute Gasteiger partial charge is 0.394 e. The zero-order valence-electron chi connectivity index (χ0n) is 9.80. The van der Waals surface area contributed by atoms with E-state index in [9.17, 15) is 9.18 Å². The summed E-state index contributed by atoms with van der Waals surface area (Å²) in [5, 5.41) is 28.8. The Labute approximate surface area is 99.4 Å². The van der Waals surface area contributed by atoms with Crippen molar-refractivity contribution in [2.75, 3.05) is 32.9 Å². The lowest BCUT2D eigenvalue weighted by atomic mass is 10.1. The van der Waals surface area contributed by atoms with Crippen molar-refractivity contribution in [1.29, 1.82) is 0 Å². The first-order chi connectivity index (χ1) is 8.00. The van der Waals surface area contributed by atoms with Crippen LogP contribution in [0, 0.1) is 0 Å². The minimum Gasteiger partial charge on any atom is -0.394 e. The first-order valence-electron chi connectivity index (χ1n) is 5.40. The van der Waals surface area contributed by atoms with Crippen LogP contribution < -0.4 is 5.32 Å². The number of aliphatic hydroxyl groups is 3. The third-order valence-corrected chi connectivity index (χ3v) is 2.12. The highest BCUT2D eigenvalue weighted by Crippen LogP contribution is 2.04. The summed E-state index contributed by atoms with van der Waals surface area (Å²) in [5.41, 5.74) is 0. The van der Waals surface area contributed by atoms with Gasteiger partial charge in [0.05, 0.1) is 19.8 Å².